The highest BCUT2D eigenvalue weighted by atomic mass is 16.4. The highest BCUT2D eigenvalue weighted by Gasteiger charge is 2.33. The van der Waals surface area contributed by atoms with Crippen LogP contribution in [0.25, 0.3) is 98.8 Å². The molecule has 0 aliphatic carbocycles. The van der Waals surface area contributed by atoms with E-state index in [1.807, 2.05) is 103 Å². The van der Waals surface area contributed by atoms with Crippen LogP contribution >= 0.6 is 0 Å². The van der Waals surface area contributed by atoms with Crippen molar-refractivity contribution in [3.05, 3.63) is 133 Å². The number of fused-ring (bicyclic) bond motifs is 7. The van der Waals surface area contributed by atoms with Crippen LogP contribution in [0, 0.1) is 0 Å². The van der Waals surface area contributed by atoms with E-state index in [-0.39, 0.29) is 32.7 Å². The summed E-state index contributed by atoms with van der Waals surface area (Å²) in [5, 5.41) is 94.3. The van der Waals surface area contributed by atoms with E-state index >= 15 is 0 Å². The van der Waals surface area contributed by atoms with Crippen LogP contribution in [0.15, 0.2) is 138 Å². The number of phenols is 8. The average molecular weight is 751 g/mol. The van der Waals surface area contributed by atoms with Gasteiger partial charge in [-0.3, -0.25) is 0 Å². The van der Waals surface area contributed by atoms with E-state index in [0.717, 1.165) is 27.3 Å². The van der Waals surface area contributed by atoms with E-state index in [0.29, 0.717) is 38.8 Å². The monoisotopic (exact) mass is 750 g/mol. The molecule has 0 amide bonds. The molecule has 0 spiro atoms. The summed E-state index contributed by atoms with van der Waals surface area (Å²) in [6.45, 7) is 0. The van der Waals surface area contributed by atoms with Crippen molar-refractivity contribution < 1.29 is 45.3 Å². The lowest BCUT2D eigenvalue weighted by Crippen LogP contribution is -1.95. The molecule has 0 saturated heterocycles. The zero-order valence-electron chi connectivity index (χ0n) is 29.7. The molecule has 57 heavy (non-hydrogen) atoms. The molecule has 1 aromatic heterocycles. The van der Waals surface area contributed by atoms with Gasteiger partial charge in [0, 0.05) is 48.8 Å². The Labute approximate surface area is 322 Å². The predicted octanol–water partition coefficient (Wildman–Crippen LogP) is 11.4. The van der Waals surface area contributed by atoms with Gasteiger partial charge in [-0.15, -0.1) is 0 Å². The van der Waals surface area contributed by atoms with E-state index in [2.05, 4.69) is 0 Å². The first-order valence-corrected chi connectivity index (χ1v) is 18.0. The Morgan fingerprint density at radius 1 is 0.298 bits per heavy atom. The molecule has 1 heterocycles. The Hall–Kier alpha value is -8.04. The lowest BCUT2D eigenvalue weighted by molar-refractivity contribution is 0.350. The molecule has 9 heteroatoms. The fourth-order valence-electron chi connectivity index (χ4n) is 8.22. The van der Waals surface area contributed by atoms with Gasteiger partial charge in [-0.2, -0.15) is 0 Å². The molecule has 0 atom stereocenters. The Morgan fingerprint density at radius 3 is 1.28 bits per heavy atom. The molecule has 0 unspecified atom stereocenters. The molecule has 0 aliphatic rings. The summed E-state index contributed by atoms with van der Waals surface area (Å²) >= 11 is 0. The molecule has 10 rings (SSSR count). The van der Waals surface area contributed by atoms with Crippen LogP contribution in [0.1, 0.15) is 0 Å². The number of hydrogen-bond acceptors (Lipinski definition) is 9. The van der Waals surface area contributed by atoms with Gasteiger partial charge in [0.1, 0.15) is 11.2 Å². The number of aromatic hydroxyl groups is 8. The molecular formula is C48H30O9. The number of furan rings is 1. The van der Waals surface area contributed by atoms with Crippen LogP contribution in [0.4, 0.5) is 0 Å². The van der Waals surface area contributed by atoms with Gasteiger partial charge < -0.3 is 45.3 Å². The van der Waals surface area contributed by atoms with Crippen molar-refractivity contribution in [2.24, 2.45) is 0 Å². The van der Waals surface area contributed by atoms with Crippen molar-refractivity contribution in [1.82, 2.24) is 0 Å². The largest absolute Gasteiger partial charge is 0.504 e. The zero-order chi connectivity index (χ0) is 39.3. The van der Waals surface area contributed by atoms with Crippen molar-refractivity contribution in [2.45, 2.75) is 0 Å². The second-order valence-corrected chi connectivity index (χ2v) is 14.0. The summed E-state index contributed by atoms with van der Waals surface area (Å²) in [5.41, 5.74) is 4.72. The maximum Gasteiger partial charge on any atom is 0.204 e. The second kappa shape index (κ2) is 12.2. The van der Waals surface area contributed by atoms with Crippen LogP contribution in [-0.4, -0.2) is 40.9 Å². The molecule has 0 radical (unpaired) electrons. The molecule has 8 N–H and O–H groups in total. The quantitative estimate of drug-likeness (QED) is 0.0494. The first kappa shape index (κ1) is 33.5. The number of rotatable bonds is 4. The van der Waals surface area contributed by atoms with E-state index in [4.69, 9.17) is 4.42 Å². The van der Waals surface area contributed by atoms with Crippen molar-refractivity contribution in [3.63, 3.8) is 0 Å². The molecule has 0 aliphatic heterocycles. The lowest BCUT2D eigenvalue weighted by atomic mass is 9.82. The number of phenolic OH excluding ortho intramolecular Hbond substituents is 8. The summed E-state index contributed by atoms with van der Waals surface area (Å²) in [6.07, 6.45) is 0. The first-order valence-electron chi connectivity index (χ1n) is 18.0. The highest BCUT2D eigenvalue weighted by molar-refractivity contribution is 6.29. The van der Waals surface area contributed by atoms with Crippen molar-refractivity contribution in [1.29, 1.82) is 0 Å². The summed E-state index contributed by atoms with van der Waals surface area (Å²) in [7, 11) is 0. The molecular weight excluding hydrogens is 721 g/mol. The van der Waals surface area contributed by atoms with E-state index in [9.17, 15) is 40.9 Å². The maximum absolute atomic E-state index is 11.9. The van der Waals surface area contributed by atoms with E-state index < -0.39 is 46.0 Å². The molecule has 10 aromatic rings. The van der Waals surface area contributed by atoms with Crippen LogP contribution in [0.2, 0.25) is 0 Å². The van der Waals surface area contributed by atoms with Gasteiger partial charge in [-0.1, -0.05) is 97.1 Å². The Balaban J connectivity index is 1.40. The summed E-state index contributed by atoms with van der Waals surface area (Å²) < 4.78 is 6.33. The van der Waals surface area contributed by atoms with Gasteiger partial charge in [0.25, 0.3) is 0 Å². The molecule has 0 bridgehead atoms. The number of hydrogen-bond donors (Lipinski definition) is 8. The minimum Gasteiger partial charge on any atom is -0.504 e. The van der Waals surface area contributed by atoms with Crippen molar-refractivity contribution >= 4 is 54.3 Å². The second-order valence-electron chi connectivity index (χ2n) is 14.0. The minimum atomic E-state index is -1.04. The molecule has 0 fully saturated rings. The van der Waals surface area contributed by atoms with Crippen molar-refractivity contribution in [2.75, 3.05) is 0 Å². The van der Waals surface area contributed by atoms with E-state index in [1.54, 1.807) is 30.3 Å². The Bertz CT molecular complexity index is 3180. The van der Waals surface area contributed by atoms with Gasteiger partial charge in [-0.25, -0.2) is 0 Å². The van der Waals surface area contributed by atoms with Gasteiger partial charge in [0.05, 0.1) is 0 Å². The van der Waals surface area contributed by atoms with Gasteiger partial charge in [0.15, 0.2) is 23.0 Å². The van der Waals surface area contributed by atoms with Crippen LogP contribution in [0.3, 0.4) is 0 Å². The predicted molar refractivity (Wildman–Crippen MR) is 221 cm³/mol. The molecule has 276 valence electrons. The molecule has 0 saturated carbocycles. The molecule has 9 nitrogen and oxygen atoms in total. The normalized spacial score (nSPS) is 11.7. The number of benzene rings is 9. The first-order chi connectivity index (χ1) is 27.6. The smallest absolute Gasteiger partial charge is 0.204 e. The summed E-state index contributed by atoms with van der Waals surface area (Å²) in [6, 6.07) is 41.1. The summed E-state index contributed by atoms with van der Waals surface area (Å²) in [4.78, 5) is 0. The third kappa shape index (κ3) is 4.82. The van der Waals surface area contributed by atoms with Crippen molar-refractivity contribution in [3.8, 4) is 90.5 Å². The minimum absolute atomic E-state index is 0.0359. The zero-order valence-corrected chi connectivity index (χ0v) is 29.7. The van der Waals surface area contributed by atoms with Crippen LogP contribution < -0.4 is 0 Å². The van der Waals surface area contributed by atoms with Crippen LogP contribution in [-0.2, 0) is 0 Å². The standard InChI is InChI=1S/C48H30O9/c49-40-36-34(26-16-18-33-32(22-26)31-17-15-25-13-7-8-14-30(25)48(31)57-33)37-39(43(52)47(56)45(54)41(37)50)35(38(36)42(51)46(55)44(40)53)29-20-27(23-9-3-1-4-10-23)19-28(21-29)24-11-5-2-6-12-24/h1-22,49-56H. The Morgan fingerprint density at radius 2 is 0.754 bits per heavy atom. The average Bonchev–Trinajstić information content (AvgIpc) is 3.64. The van der Waals surface area contributed by atoms with Gasteiger partial charge >= 0.3 is 0 Å². The third-order valence-corrected chi connectivity index (χ3v) is 10.9. The maximum atomic E-state index is 11.9. The van der Waals surface area contributed by atoms with E-state index in [1.165, 1.54) is 0 Å². The van der Waals surface area contributed by atoms with Gasteiger partial charge in [0.2, 0.25) is 23.0 Å². The fourth-order valence-corrected chi connectivity index (χ4v) is 8.22. The highest BCUT2D eigenvalue weighted by Crippen LogP contribution is 2.62. The third-order valence-electron chi connectivity index (χ3n) is 10.9. The Kier molecular flexibility index (Phi) is 7.20. The van der Waals surface area contributed by atoms with Gasteiger partial charge in [-0.05, 0) is 75.2 Å². The summed E-state index contributed by atoms with van der Waals surface area (Å²) in [5.74, 6) is -7.56. The lowest BCUT2D eigenvalue weighted by Gasteiger charge is -2.23. The SMILES string of the molecule is Oc1c(O)c(O)c2c(-c3ccc4oc5c6ccccc6ccc5c4c3)c3c(O)c(O)c(O)c(O)c3c(-c3cc(-c4ccccc4)cc(-c4ccccc4)c3)c2c1O. The molecule has 9 aromatic carbocycles. The fraction of sp³-hybridized carbons (Fsp3) is 0. The van der Waals surface area contributed by atoms with Crippen LogP contribution in [0.5, 0.6) is 46.0 Å². The topological polar surface area (TPSA) is 175 Å².